The highest BCUT2D eigenvalue weighted by atomic mass is 32.2. The van der Waals surface area contributed by atoms with Crippen LogP contribution in [0.1, 0.15) is 32.1 Å². The van der Waals surface area contributed by atoms with E-state index in [9.17, 15) is 18.3 Å². The van der Waals surface area contributed by atoms with Crippen LogP contribution in [0.2, 0.25) is 0 Å². The number of hydrogen-bond donors (Lipinski definition) is 1. The van der Waals surface area contributed by atoms with Gasteiger partial charge in [0.25, 0.3) is 0 Å². The Morgan fingerprint density at radius 2 is 2.06 bits per heavy atom. The summed E-state index contributed by atoms with van der Waals surface area (Å²) in [4.78, 5) is 10.1. The van der Waals surface area contributed by atoms with Gasteiger partial charge in [-0.25, -0.2) is 8.42 Å². The van der Waals surface area contributed by atoms with E-state index in [-0.39, 0.29) is 12.5 Å². The summed E-state index contributed by atoms with van der Waals surface area (Å²) in [5.41, 5.74) is 0. The number of carboxylic acids is 1. The van der Waals surface area contributed by atoms with Gasteiger partial charge in [-0.15, -0.1) is 0 Å². The monoisotopic (exact) mass is 249 g/mol. The zero-order valence-electron chi connectivity index (χ0n) is 9.35. The van der Waals surface area contributed by atoms with E-state index in [0.29, 0.717) is 17.9 Å². The molecule has 0 spiro atoms. The Kier molecular flexibility index (Phi) is 5.21. The van der Waals surface area contributed by atoms with Gasteiger partial charge in [0.2, 0.25) is 0 Å². The van der Waals surface area contributed by atoms with Gasteiger partial charge in [-0.05, 0) is 25.7 Å². The van der Waals surface area contributed by atoms with E-state index in [1.165, 1.54) is 0 Å². The number of nitrogens with two attached hydrogens (primary N) is 1. The van der Waals surface area contributed by atoms with E-state index in [0.717, 1.165) is 25.8 Å². The first-order chi connectivity index (χ1) is 7.49. The first kappa shape index (κ1) is 13.4. The number of carbonyl (C=O) groups excluding carboxylic acids is 1. The second kappa shape index (κ2) is 6.20. The van der Waals surface area contributed by atoms with Gasteiger partial charge in [-0.3, -0.25) is 0 Å². The number of carboxylic acid groups (broad SMARTS) is 1. The van der Waals surface area contributed by atoms with Crippen molar-refractivity contribution in [2.24, 2.45) is 0 Å². The van der Waals surface area contributed by atoms with Crippen molar-refractivity contribution in [3.8, 4) is 0 Å². The summed E-state index contributed by atoms with van der Waals surface area (Å²) in [5.74, 6) is -0.379. The number of rotatable bonds is 7. The van der Waals surface area contributed by atoms with Crippen molar-refractivity contribution in [1.29, 1.82) is 0 Å². The van der Waals surface area contributed by atoms with Crippen molar-refractivity contribution in [3.05, 3.63) is 0 Å². The number of unbranched alkanes of at least 4 members (excludes halogenated alkanes) is 2. The van der Waals surface area contributed by atoms with Crippen LogP contribution in [0.4, 0.5) is 0 Å². The van der Waals surface area contributed by atoms with Crippen LogP contribution >= 0.6 is 0 Å². The summed E-state index contributed by atoms with van der Waals surface area (Å²) in [5, 5.41) is 12.2. The molecule has 1 rings (SSSR count). The molecular formula is C10H19NO4S. The van der Waals surface area contributed by atoms with Crippen LogP contribution in [0.3, 0.4) is 0 Å². The number of aliphatic carboxylic acids is 1. The second-order valence-electron chi connectivity index (χ2n) is 4.37. The molecule has 94 valence electrons. The summed E-state index contributed by atoms with van der Waals surface area (Å²) >= 11 is 0. The van der Waals surface area contributed by atoms with E-state index in [4.69, 9.17) is 0 Å². The van der Waals surface area contributed by atoms with Gasteiger partial charge in [0.15, 0.2) is 9.84 Å². The zero-order valence-corrected chi connectivity index (χ0v) is 10.2. The van der Waals surface area contributed by atoms with Crippen molar-refractivity contribution >= 4 is 15.8 Å². The summed E-state index contributed by atoms with van der Waals surface area (Å²) in [6.07, 6.45) is 3.33. The standard InChI is InChI=1S/C10H19NO4S/c12-10(13)4-2-1-3-6-11-9-5-7-16(14,15)8-9/h9,11H,1-8H2,(H,12,13)/t9-/m1/s1. The van der Waals surface area contributed by atoms with Gasteiger partial charge in [0.05, 0.1) is 12.3 Å². The van der Waals surface area contributed by atoms with Crippen molar-refractivity contribution in [1.82, 2.24) is 0 Å². The lowest BCUT2D eigenvalue weighted by Crippen LogP contribution is -2.90. The maximum absolute atomic E-state index is 11.2. The Balaban J connectivity index is 1.98. The predicted molar refractivity (Wildman–Crippen MR) is 57.3 cm³/mol. The molecule has 0 aromatic heterocycles. The first-order valence-electron chi connectivity index (χ1n) is 5.73. The summed E-state index contributed by atoms with van der Waals surface area (Å²) in [7, 11) is -2.77. The fraction of sp³-hybridized carbons (Fsp3) is 0.900. The largest absolute Gasteiger partial charge is 0.550 e. The van der Waals surface area contributed by atoms with E-state index in [1.807, 2.05) is 0 Å². The van der Waals surface area contributed by atoms with Crippen molar-refractivity contribution in [2.75, 3.05) is 18.1 Å². The molecule has 1 saturated heterocycles. The molecule has 1 heterocycles. The average Bonchev–Trinajstić information content (AvgIpc) is 2.51. The first-order valence-corrected chi connectivity index (χ1v) is 7.55. The fourth-order valence-electron chi connectivity index (χ4n) is 1.95. The molecular weight excluding hydrogens is 230 g/mol. The van der Waals surface area contributed by atoms with Gasteiger partial charge >= 0.3 is 0 Å². The van der Waals surface area contributed by atoms with Crippen LogP contribution in [-0.2, 0) is 14.6 Å². The Labute approximate surface area is 96.1 Å². The molecule has 0 bridgehead atoms. The molecule has 0 amide bonds. The lowest BCUT2D eigenvalue weighted by atomic mass is 10.2. The third-order valence-corrected chi connectivity index (χ3v) is 4.65. The maximum Gasteiger partial charge on any atom is 0.156 e. The fourth-order valence-corrected chi connectivity index (χ4v) is 3.74. The van der Waals surface area contributed by atoms with Crippen molar-refractivity contribution in [2.45, 2.75) is 38.1 Å². The minimum atomic E-state index is -2.77. The molecule has 5 nitrogen and oxygen atoms in total. The molecule has 0 aliphatic carbocycles. The van der Waals surface area contributed by atoms with Crippen LogP contribution in [0.5, 0.6) is 0 Å². The van der Waals surface area contributed by atoms with Crippen LogP contribution in [0.15, 0.2) is 0 Å². The normalized spacial score (nSPS) is 23.4. The summed E-state index contributed by atoms with van der Waals surface area (Å²) in [6, 6.07) is 0.214. The number of quaternary nitrogens is 1. The Morgan fingerprint density at radius 1 is 1.31 bits per heavy atom. The van der Waals surface area contributed by atoms with E-state index < -0.39 is 15.8 Å². The molecule has 1 atom stereocenters. The van der Waals surface area contributed by atoms with E-state index in [2.05, 4.69) is 5.32 Å². The van der Waals surface area contributed by atoms with Crippen LogP contribution in [0, 0.1) is 0 Å². The lowest BCUT2D eigenvalue weighted by molar-refractivity contribution is -0.684. The summed E-state index contributed by atoms with van der Waals surface area (Å²) < 4.78 is 22.3. The molecule has 0 unspecified atom stereocenters. The highest BCUT2D eigenvalue weighted by Crippen LogP contribution is 2.07. The molecule has 0 aromatic carbocycles. The quantitative estimate of drug-likeness (QED) is 0.531. The van der Waals surface area contributed by atoms with Crippen molar-refractivity contribution in [3.63, 3.8) is 0 Å². The number of sulfone groups is 1. The topological polar surface area (TPSA) is 90.9 Å². The van der Waals surface area contributed by atoms with Gasteiger partial charge in [0.1, 0.15) is 11.8 Å². The third-order valence-electron chi connectivity index (χ3n) is 2.85. The molecule has 16 heavy (non-hydrogen) atoms. The molecule has 6 heteroatoms. The SMILES string of the molecule is O=C([O-])CCCCC[NH2+][C@@H]1CCS(=O)(=O)C1. The minimum absolute atomic E-state index is 0.123. The number of hydrogen-bond acceptors (Lipinski definition) is 4. The Morgan fingerprint density at radius 3 is 2.62 bits per heavy atom. The van der Waals surface area contributed by atoms with Gasteiger partial charge in [0, 0.05) is 12.4 Å². The zero-order chi connectivity index (χ0) is 12.0. The molecule has 1 aliphatic rings. The summed E-state index contributed by atoms with van der Waals surface area (Å²) in [6.45, 7) is 0.882. The minimum Gasteiger partial charge on any atom is -0.550 e. The molecule has 2 N–H and O–H groups in total. The van der Waals surface area contributed by atoms with E-state index in [1.54, 1.807) is 0 Å². The van der Waals surface area contributed by atoms with Gasteiger partial charge < -0.3 is 15.2 Å². The highest BCUT2D eigenvalue weighted by molar-refractivity contribution is 7.91. The predicted octanol–water partition coefficient (Wildman–Crippen LogP) is -1.95. The molecule has 0 aromatic rings. The van der Waals surface area contributed by atoms with Crippen molar-refractivity contribution < 1.29 is 23.6 Å². The van der Waals surface area contributed by atoms with Gasteiger partial charge in [-0.1, -0.05) is 0 Å². The Hall–Kier alpha value is -0.620. The highest BCUT2D eigenvalue weighted by Gasteiger charge is 2.29. The van der Waals surface area contributed by atoms with Gasteiger partial charge in [-0.2, -0.15) is 0 Å². The molecule has 1 fully saturated rings. The van der Waals surface area contributed by atoms with Crippen LogP contribution in [0.25, 0.3) is 0 Å². The number of carbonyl (C=O) groups is 1. The maximum atomic E-state index is 11.2. The molecule has 1 aliphatic heterocycles. The molecule has 0 radical (unpaired) electrons. The third kappa shape index (κ3) is 5.46. The molecule has 0 saturated carbocycles. The van der Waals surface area contributed by atoms with Crippen LogP contribution < -0.4 is 10.4 Å². The second-order valence-corrected chi connectivity index (χ2v) is 6.60. The average molecular weight is 249 g/mol. The lowest BCUT2D eigenvalue weighted by Gasteiger charge is -2.07. The Bertz CT molecular complexity index is 326. The van der Waals surface area contributed by atoms with E-state index >= 15 is 0 Å². The van der Waals surface area contributed by atoms with Crippen LogP contribution in [-0.4, -0.2) is 38.5 Å². The smallest absolute Gasteiger partial charge is 0.156 e.